The second kappa shape index (κ2) is 9.32. The monoisotopic (exact) mass is 421 g/mol. The lowest BCUT2D eigenvalue weighted by molar-refractivity contribution is 0.0528. The molecular formula is C27H23N3O2. The third kappa shape index (κ3) is 4.03. The molecular weight excluding hydrogens is 398 g/mol. The first kappa shape index (κ1) is 21.1. The highest BCUT2D eigenvalue weighted by Gasteiger charge is 2.28. The van der Waals surface area contributed by atoms with Gasteiger partial charge in [0.05, 0.1) is 24.4 Å². The summed E-state index contributed by atoms with van der Waals surface area (Å²) in [7, 11) is 0. The van der Waals surface area contributed by atoms with Crippen LogP contribution < -0.4 is 0 Å². The maximum Gasteiger partial charge on any atom is 0.340 e. The van der Waals surface area contributed by atoms with Crippen LogP contribution in [-0.4, -0.2) is 22.1 Å². The zero-order valence-electron chi connectivity index (χ0n) is 18.1. The molecule has 0 bridgehead atoms. The van der Waals surface area contributed by atoms with Crippen LogP contribution in [0.25, 0.3) is 27.2 Å². The number of nitrogens with zero attached hydrogens (tertiary/aromatic N) is 3. The number of aromatic nitrogens is 2. The number of rotatable bonds is 6. The van der Waals surface area contributed by atoms with Crippen LogP contribution in [0.1, 0.15) is 28.5 Å². The smallest absolute Gasteiger partial charge is 0.340 e. The van der Waals surface area contributed by atoms with Crippen molar-refractivity contribution in [2.45, 2.75) is 20.4 Å². The molecule has 32 heavy (non-hydrogen) atoms. The van der Waals surface area contributed by atoms with Crippen LogP contribution in [-0.2, 0) is 11.3 Å². The van der Waals surface area contributed by atoms with Crippen molar-refractivity contribution in [2.24, 2.45) is 0 Å². The topological polar surface area (TPSA) is 48.5 Å². The molecule has 0 unspecified atom stereocenters. The van der Waals surface area contributed by atoms with Crippen molar-refractivity contribution >= 4 is 11.7 Å². The van der Waals surface area contributed by atoms with Crippen LogP contribution >= 0.6 is 0 Å². The van der Waals surface area contributed by atoms with Gasteiger partial charge in [-0.05, 0) is 36.6 Å². The first-order valence-corrected chi connectivity index (χ1v) is 10.5. The molecule has 0 amide bonds. The largest absolute Gasteiger partial charge is 0.462 e. The normalized spacial score (nSPS) is 10.5. The fourth-order valence-corrected chi connectivity index (χ4v) is 3.96. The van der Waals surface area contributed by atoms with Gasteiger partial charge in [0.15, 0.2) is 5.69 Å². The molecule has 0 aliphatic heterocycles. The maximum atomic E-state index is 13.3. The van der Waals surface area contributed by atoms with E-state index in [-0.39, 0.29) is 12.6 Å². The summed E-state index contributed by atoms with van der Waals surface area (Å²) in [4.78, 5) is 21.0. The maximum absolute atomic E-state index is 13.3. The Kier molecular flexibility index (Phi) is 6.14. The summed E-state index contributed by atoms with van der Waals surface area (Å²) in [6, 6.07) is 21.2. The Balaban J connectivity index is 2.02. The molecule has 4 rings (SSSR count). The fourth-order valence-electron chi connectivity index (χ4n) is 3.96. The number of hydrogen-bond donors (Lipinski definition) is 0. The van der Waals surface area contributed by atoms with E-state index in [0.717, 1.165) is 33.6 Å². The van der Waals surface area contributed by atoms with Crippen molar-refractivity contribution < 1.29 is 9.53 Å². The Labute approximate surface area is 187 Å². The van der Waals surface area contributed by atoms with Gasteiger partial charge < -0.3 is 9.30 Å². The van der Waals surface area contributed by atoms with Crippen LogP contribution in [0.15, 0.2) is 79.1 Å². The van der Waals surface area contributed by atoms with E-state index in [1.807, 2.05) is 74.6 Å². The minimum absolute atomic E-state index is 0.288. The molecule has 0 spiro atoms. The zero-order chi connectivity index (χ0) is 22.5. The SMILES string of the molecule is [C-]#[N+]c1ccc(-c2c(C(=O)OCC)c(-c3ccccc3)n(Cc3cccnc3)c2C)cc1. The van der Waals surface area contributed by atoms with Crippen LogP contribution in [0.3, 0.4) is 0 Å². The highest BCUT2D eigenvalue weighted by Crippen LogP contribution is 2.39. The average molecular weight is 422 g/mol. The third-order valence-corrected chi connectivity index (χ3v) is 5.40. The number of carbonyl (C=O) groups excluding carboxylic acids is 1. The van der Waals surface area contributed by atoms with Gasteiger partial charge in [-0.25, -0.2) is 9.64 Å². The van der Waals surface area contributed by atoms with Crippen LogP contribution in [0.2, 0.25) is 0 Å². The molecule has 2 heterocycles. The van der Waals surface area contributed by atoms with Crippen LogP contribution in [0.5, 0.6) is 0 Å². The van der Waals surface area contributed by atoms with Crippen molar-refractivity contribution in [1.29, 1.82) is 0 Å². The Hall–Kier alpha value is -4.17. The molecule has 0 saturated heterocycles. The van der Waals surface area contributed by atoms with Gasteiger partial charge in [0.1, 0.15) is 0 Å². The highest BCUT2D eigenvalue weighted by molar-refractivity contribution is 6.05. The molecule has 0 radical (unpaired) electrons. The van der Waals surface area contributed by atoms with Gasteiger partial charge in [0.25, 0.3) is 0 Å². The molecule has 2 aromatic carbocycles. The van der Waals surface area contributed by atoms with Crippen molar-refractivity contribution in [3.8, 4) is 22.4 Å². The van der Waals surface area contributed by atoms with E-state index in [9.17, 15) is 4.79 Å². The average Bonchev–Trinajstić information content (AvgIpc) is 3.12. The summed E-state index contributed by atoms with van der Waals surface area (Å²) in [5.41, 5.74) is 6.53. The number of ether oxygens (including phenoxy) is 1. The van der Waals surface area contributed by atoms with Crippen LogP contribution in [0, 0.1) is 13.5 Å². The van der Waals surface area contributed by atoms with Gasteiger partial charge in [-0.1, -0.05) is 60.7 Å². The summed E-state index contributed by atoms with van der Waals surface area (Å²) < 4.78 is 7.65. The number of pyridine rings is 1. The fraction of sp³-hybridized carbons (Fsp3) is 0.148. The van der Waals surface area contributed by atoms with Crippen molar-refractivity contribution in [3.63, 3.8) is 0 Å². The quantitative estimate of drug-likeness (QED) is 0.271. The predicted octanol–water partition coefficient (Wildman–Crippen LogP) is 6.30. The second-order valence-corrected chi connectivity index (χ2v) is 7.38. The molecule has 0 fully saturated rings. The molecule has 4 aromatic rings. The Morgan fingerprint density at radius 2 is 1.78 bits per heavy atom. The van der Waals surface area contributed by atoms with E-state index in [0.29, 0.717) is 17.8 Å². The van der Waals surface area contributed by atoms with Gasteiger partial charge in [-0.2, -0.15) is 0 Å². The Morgan fingerprint density at radius 3 is 2.41 bits per heavy atom. The van der Waals surface area contributed by atoms with E-state index >= 15 is 0 Å². The van der Waals surface area contributed by atoms with E-state index in [2.05, 4.69) is 14.4 Å². The first-order chi connectivity index (χ1) is 15.6. The van der Waals surface area contributed by atoms with Crippen molar-refractivity contribution in [2.75, 3.05) is 6.61 Å². The van der Waals surface area contributed by atoms with Gasteiger partial charge in [0.2, 0.25) is 0 Å². The minimum atomic E-state index is -0.358. The number of benzene rings is 2. The number of esters is 1. The lowest BCUT2D eigenvalue weighted by Crippen LogP contribution is -2.09. The second-order valence-electron chi connectivity index (χ2n) is 7.38. The molecule has 5 nitrogen and oxygen atoms in total. The van der Waals surface area contributed by atoms with Gasteiger partial charge >= 0.3 is 5.97 Å². The standard InChI is InChI=1S/C27H23N3O2/c1-4-32-27(31)25-24(21-12-14-23(28-3)15-13-21)19(2)30(18-20-9-8-16-29-17-20)26(25)22-10-6-5-7-11-22/h5-17H,4,18H2,1-2H3. The molecule has 2 aromatic heterocycles. The Bertz CT molecular complexity index is 1270. The summed E-state index contributed by atoms with van der Waals surface area (Å²) in [5, 5.41) is 0. The molecule has 0 saturated carbocycles. The van der Waals surface area contributed by atoms with E-state index in [4.69, 9.17) is 11.3 Å². The summed E-state index contributed by atoms with van der Waals surface area (Å²) in [5.74, 6) is -0.358. The third-order valence-electron chi connectivity index (χ3n) is 5.40. The summed E-state index contributed by atoms with van der Waals surface area (Å²) in [6.07, 6.45) is 3.58. The number of hydrogen-bond acceptors (Lipinski definition) is 3. The predicted molar refractivity (Wildman–Crippen MR) is 126 cm³/mol. The van der Waals surface area contributed by atoms with Gasteiger partial charge in [-0.15, -0.1) is 0 Å². The summed E-state index contributed by atoms with van der Waals surface area (Å²) in [6.45, 7) is 11.9. The van der Waals surface area contributed by atoms with Gasteiger partial charge in [-0.3, -0.25) is 4.98 Å². The van der Waals surface area contributed by atoms with Gasteiger partial charge in [0, 0.05) is 30.2 Å². The van der Waals surface area contributed by atoms with E-state index in [1.54, 1.807) is 18.3 Å². The molecule has 158 valence electrons. The molecule has 0 aliphatic carbocycles. The molecule has 5 heteroatoms. The van der Waals surface area contributed by atoms with Crippen molar-refractivity contribution in [1.82, 2.24) is 9.55 Å². The van der Waals surface area contributed by atoms with Crippen LogP contribution in [0.4, 0.5) is 5.69 Å². The van der Waals surface area contributed by atoms with E-state index in [1.165, 1.54) is 0 Å². The minimum Gasteiger partial charge on any atom is -0.462 e. The van der Waals surface area contributed by atoms with Crippen molar-refractivity contribution in [3.05, 3.63) is 107 Å². The number of carbonyl (C=O) groups is 1. The zero-order valence-corrected chi connectivity index (χ0v) is 18.1. The molecule has 0 atom stereocenters. The molecule has 0 aliphatic rings. The Morgan fingerprint density at radius 1 is 1.03 bits per heavy atom. The van der Waals surface area contributed by atoms with E-state index < -0.39 is 0 Å². The lowest BCUT2D eigenvalue weighted by Gasteiger charge is -2.13. The lowest BCUT2D eigenvalue weighted by atomic mass is 9.98. The summed E-state index contributed by atoms with van der Waals surface area (Å²) >= 11 is 0. The first-order valence-electron chi connectivity index (χ1n) is 10.5. The highest BCUT2D eigenvalue weighted by atomic mass is 16.5. The molecule has 0 N–H and O–H groups in total.